The van der Waals surface area contributed by atoms with Crippen LogP contribution in [-0.4, -0.2) is 22.3 Å². The molecular weight excluding hydrogens is 324 g/mol. The van der Waals surface area contributed by atoms with Gasteiger partial charge in [-0.3, -0.25) is 10.1 Å². The first-order valence-electron chi connectivity index (χ1n) is 6.34. The fourth-order valence-corrected chi connectivity index (χ4v) is 2.78. The third-order valence-corrected chi connectivity index (χ3v) is 4.32. The summed E-state index contributed by atoms with van der Waals surface area (Å²) in [5.41, 5.74) is -4.70. The lowest BCUT2D eigenvalue weighted by Gasteiger charge is -2.42. The number of rotatable bonds is 3. The zero-order valence-electron chi connectivity index (χ0n) is 11.5. The van der Waals surface area contributed by atoms with Crippen LogP contribution < -0.4 is 5.32 Å². The van der Waals surface area contributed by atoms with Gasteiger partial charge in [0.2, 0.25) is 0 Å². The molecule has 2 atom stereocenters. The van der Waals surface area contributed by atoms with E-state index in [1.54, 1.807) is 0 Å². The predicted octanol–water partition coefficient (Wildman–Crippen LogP) is 3.48. The maximum Gasteiger partial charge on any atom is 0.272 e. The summed E-state index contributed by atoms with van der Waals surface area (Å²) in [6.45, 7) is 0.0688. The van der Waals surface area contributed by atoms with E-state index in [1.807, 2.05) is 0 Å². The van der Waals surface area contributed by atoms with Gasteiger partial charge in [-0.05, 0) is 19.8 Å². The largest absolute Gasteiger partial charge is 0.368 e. The van der Waals surface area contributed by atoms with Crippen LogP contribution in [0.3, 0.4) is 0 Å². The van der Waals surface area contributed by atoms with E-state index in [2.05, 4.69) is 5.32 Å². The minimum Gasteiger partial charge on any atom is -0.368 e. The number of non-ortho nitro benzene ring substituents is 1. The van der Waals surface area contributed by atoms with Gasteiger partial charge >= 0.3 is 0 Å². The summed E-state index contributed by atoms with van der Waals surface area (Å²) in [5.74, 6) is -2.67. The number of thiocarbonyl (C=S) groups is 1. The molecule has 1 fully saturated rings. The van der Waals surface area contributed by atoms with E-state index in [9.17, 15) is 27.7 Å². The molecule has 0 amide bonds. The Morgan fingerprint density at radius 1 is 1.41 bits per heavy atom. The van der Waals surface area contributed by atoms with Crippen molar-refractivity contribution in [3.8, 4) is 0 Å². The van der Waals surface area contributed by atoms with Gasteiger partial charge in [0.1, 0.15) is 11.7 Å². The first-order chi connectivity index (χ1) is 10.1. The minimum atomic E-state index is -2.36. The highest BCUT2D eigenvalue weighted by Crippen LogP contribution is 2.39. The molecule has 1 saturated heterocycles. The second kappa shape index (κ2) is 5.45. The molecule has 0 saturated carbocycles. The lowest BCUT2D eigenvalue weighted by atomic mass is 9.79. The monoisotopic (exact) mass is 336 g/mol. The van der Waals surface area contributed by atoms with Crippen LogP contribution in [0.2, 0.25) is 0 Å². The van der Waals surface area contributed by atoms with E-state index < -0.39 is 45.1 Å². The molecule has 1 heterocycles. The fraction of sp³-hybridized carbons (Fsp3) is 0.462. The third-order valence-electron chi connectivity index (χ3n) is 3.85. The number of halogens is 4. The molecule has 0 radical (unpaired) electrons. The Morgan fingerprint density at radius 2 is 2.05 bits per heavy atom. The van der Waals surface area contributed by atoms with E-state index in [4.69, 9.17) is 12.2 Å². The van der Waals surface area contributed by atoms with Crippen LogP contribution in [0, 0.1) is 21.7 Å². The quantitative estimate of drug-likeness (QED) is 0.397. The molecule has 0 spiro atoms. The topological polar surface area (TPSA) is 55.2 Å². The Hall–Kier alpha value is -1.77. The van der Waals surface area contributed by atoms with Gasteiger partial charge < -0.3 is 5.32 Å². The summed E-state index contributed by atoms with van der Waals surface area (Å²) in [6.07, 6.45) is -0.444. The number of nitro benzene ring substituents is 1. The van der Waals surface area contributed by atoms with E-state index in [0.29, 0.717) is 6.07 Å². The predicted molar refractivity (Wildman–Crippen MR) is 75.1 cm³/mol. The highest BCUT2D eigenvalue weighted by Gasteiger charge is 2.47. The van der Waals surface area contributed by atoms with Crippen LogP contribution in [0.4, 0.5) is 23.2 Å². The van der Waals surface area contributed by atoms with Crippen molar-refractivity contribution in [3.63, 3.8) is 0 Å². The van der Waals surface area contributed by atoms with Gasteiger partial charge in [0.15, 0.2) is 17.3 Å². The van der Waals surface area contributed by atoms with Gasteiger partial charge in [0.05, 0.1) is 16.5 Å². The standard InChI is InChI=1S/C13H12F4N2O2S/c1-12(2-3-13(17,6-14)11(22)18-12)8-4-7(19(20)21)5-9(15)10(8)16/h4-5H,2-3,6H2,1H3,(H,18,22). The summed E-state index contributed by atoms with van der Waals surface area (Å²) in [6, 6.07) is 1.33. The molecule has 0 bridgehead atoms. The van der Waals surface area contributed by atoms with Crippen molar-refractivity contribution in [2.45, 2.75) is 31.0 Å². The molecule has 1 aliphatic heterocycles. The van der Waals surface area contributed by atoms with Gasteiger partial charge in [-0.25, -0.2) is 17.6 Å². The van der Waals surface area contributed by atoms with Crippen molar-refractivity contribution in [3.05, 3.63) is 39.4 Å². The Balaban J connectivity index is 2.48. The van der Waals surface area contributed by atoms with Crippen molar-refractivity contribution in [1.82, 2.24) is 5.32 Å². The molecule has 4 nitrogen and oxygen atoms in total. The molecule has 1 aromatic rings. The van der Waals surface area contributed by atoms with E-state index in [-0.39, 0.29) is 18.4 Å². The molecule has 1 aliphatic rings. The van der Waals surface area contributed by atoms with E-state index >= 15 is 0 Å². The first-order valence-corrected chi connectivity index (χ1v) is 6.75. The molecule has 2 rings (SSSR count). The van der Waals surface area contributed by atoms with Crippen molar-refractivity contribution in [2.75, 3.05) is 6.67 Å². The Morgan fingerprint density at radius 3 is 2.55 bits per heavy atom. The zero-order valence-corrected chi connectivity index (χ0v) is 12.3. The van der Waals surface area contributed by atoms with Crippen LogP contribution in [0.15, 0.2) is 12.1 Å². The van der Waals surface area contributed by atoms with Gasteiger partial charge in [0.25, 0.3) is 5.69 Å². The highest BCUT2D eigenvalue weighted by atomic mass is 32.1. The van der Waals surface area contributed by atoms with Crippen LogP contribution in [-0.2, 0) is 5.54 Å². The average molecular weight is 336 g/mol. The lowest BCUT2D eigenvalue weighted by molar-refractivity contribution is -0.385. The number of hydrogen-bond donors (Lipinski definition) is 1. The molecule has 0 aromatic heterocycles. The second-order valence-corrected chi connectivity index (χ2v) is 5.84. The van der Waals surface area contributed by atoms with Crippen molar-refractivity contribution in [1.29, 1.82) is 0 Å². The van der Waals surface area contributed by atoms with Crippen LogP contribution in [0.5, 0.6) is 0 Å². The summed E-state index contributed by atoms with van der Waals surface area (Å²) in [5, 5.41) is 13.3. The maximum atomic E-state index is 14.1. The van der Waals surface area contributed by atoms with Crippen LogP contribution in [0.1, 0.15) is 25.3 Å². The summed E-state index contributed by atoms with van der Waals surface area (Å²) in [4.78, 5) is 9.45. The fourth-order valence-electron chi connectivity index (χ4n) is 2.40. The molecule has 120 valence electrons. The van der Waals surface area contributed by atoms with Crippen LogP contribution in [0.25, 0.3) is 0 Å². The van der Waals surface area contributed by atoms with Crippen molar-refractivity contribution in [2.24, 2.45) is 0 Å². The van der Waals surface area contributed by atoms with Gasteiger partial charge in [0, 0.05) is 11.6 Å². The summed E-state index contributed by atoms with van der Waals surface area (Å²) < 4.78 is 54.4. The highest BCUT2D eigenvalue weighted by molar-refractivity contribution is 7.80. The van der Waals surface area contributed by atoms with E-state index in [1.165, 1.54) is 6.92 Å². The molecule has 22 heavy (non-hydrogen) atoms. The van der Waals surface area contributed by atoms with Crippen molar-refractivity contribution < 1.29 is 22.5 Å². The Bertz CT molecular complexity index is 657. The summed E-state index contributed by atoms with van der Waals surface area (Å²) in [7, 11) is 0. The first kappa shape index (κ1) is 16.6. The molecular formula is C13H12F4N2O2S. The van der Waals surface area contributed by atoms with Gasteiger partial charge in [-0.1, -0.05) is 12.2 Å². The lowest BCUT2D eigenvalue weighted by Crippen LogP contribution is -2.57. The molecule has 0 aliphatic carbocycles. The normalized spacial score (nSPS) is 28.3. The average Bonchev–Trinajstić information content (AvgIpc) is 2.46. The smallest absolute Gasteiger partial charge is 0.272 e. The SMILES string of the molecule is CC1(c2cc([N+](=O)[O-])cc(F)c2F)CCC(F)(CF)C(=S)N1. The minimum absolute atomic E-state index is 0.106. The Labute approximate surface area is 128 Å². The van der Waals surface area contributed by atoms with Crippen LogP contribution >= 0.6 is 12.2 Å². The number of nitrogens with one attached hydrogen (secondary N) is 1. The van der Waals surface area contributed by atoms with Crippen molar-refractivity contribution >= 4 is 22.9 Å². The number of hydrogen-bond acceptors (Lipinski definition) is 3. The number of piperidine rings is 1. The molecule has 2 unspecified atom stereocenters. The van der Waals surface area contributed by atoms with Gasteiger partial charge in [-0.15, -0.1) is 0 Å². The number of benzene rings is 1. The zero-order chi connectivity index (χ0) is 16.7. The molecule has 1 N–H and O–H groups in total. The maximum absolute atomic E-state index is 14.1. The number of alkyl halides is 2. The van der Waals surface area contributed by atoms with Gasteiger partial charge in [-0.2, -0.15) is 0 Å². The third kappa shape index (κ3) is 2.65. The summed E-state index contributed by atoms with van der Waals surface area (Å²) >= 11 is 4.77. The Kier molecular flexibility index (Phi) is 4.12. The second-order valence-electron chi connectivity index (χ2n) is 5.43. The molecule has 9 heteroatoms. The molecule has 1 aromatic carbocycles. The van der Waals surface area contributed by atoms with E-state index in [0.717, 1.165) is 6.07 Å². The number of nitrogens with zero attached hydrogens (tertiary/aromatic N) is 1. The number of nitro groups is 1.